The average Bonchev–Trinajstić information content (AvgIpc) is 2.96. The van der Waals surface area contributed by atoms with Crippen molar-refractivity contribution in [2.24, 2.45) is 5.92 Å². The van der Waals surface area contributed by atoms with Crippen molar-refractivity contribution in [2.45, 2.75) is 57.5 Å². The zero-order valence-corrected chi connectivity index (χ0v) is 17.4. The number of benzene rings is 1. The molecule has 1 aromatic rings. The number of halogens is 1. The third-order valence-corrected chi connectivity index (χ3v) is 6.71. The van der Waals surface area contributed by atoms with Crippen molar-refractivity contribution in [3.63, 3.8) is 0 Å². The van der Waals surface area contributed by atoms with Crippen LogP contribution in [0.15, 0.2) is 24.3 Å². The highest BCUT2D eigenvalue weighted by Gasteiger charge is 2.41. The molecule has 30 heavy (non-hydrogen) atoms. The van der Waals surface area contributed by atoms with E-state index in [4.69, 9.17) is 0 Å². The van der Waals surface area contributed by atoms with Crippen LogP contribution in [-0.2, 0) is 20.9 Å². The molecule has 3 amide bonds. The maximum atomic E-state index is 13.5. The van der Waals surface area contributed by atoms with Crippen LogP contribution in [0.5, 0.6) is 0 Å². The van der Waals surface area contributed by atoms with E-state index in [2.05, 4.69) is 0 Å². The minimum atomic E-state index is -0.535. The molecule has 1 unspecified atom stereocenters. The second-order valence-corrected chi connectivity index (χ2v) is 8.80. The van der Waals surface area contributed by atoms with E-state index in [1.807, 2.05) is 4.90 Å². The Bertz CT molecular complexity index is 809. The van der Waals surface area contributed by atoms with Gasteiger partial charge in [0.1, 0.15) is 18.4 Å². The lowest BCUT2D eigenvalue weighted by molar-refractivity contribution is -0.156. The number of amides is 3. The summed E-state index contributed by atoms with van der Waals surface area (Å²) in [6.45, 7) is 1.61. The third kappa shape index (κ3) is 4.65. The summed E-state index contributed by atoms with van der Waals surface area (Å²) in [7, 11) is 0. The van der Waals surface area contributed by atoms with E-state index in [-0.39, 0.29) is 36.6 Å². The Labute approximate surface area is 177 Å². The molecular weight excluding hydrogens is 385 g/mol. The fourth-order valence-corrected chi connectivity index (χ4v) is 5.03. The van der Waals surface area contributed by atoms with Gasteiger partial charge in [-0.3, -0.25) is 14.4 Å². The molecule has 2 aliphatic heterocycles. The van der Waals surface area contributed by atoms with Crippen LogP contribution in [0.3, 0.4) is 0 Å². The number of piperazine rings is 1. The maximum absolute atomic E-state index is 13.5. The van der Waals surface area contributed by atoms with Crippen molar-refractivity contribution in [2.75, 3.05) is 26.2 Å². The monoisotopic (exact) mass is 415 g/mol. The van der Waals surface area contributed by atoms with Crippen LogP contribution in [-0.4, -0.2) is 64.6 Å². The highest BCUT2D eigenvalue weighted by atomic mass is 19.1. The molecule has 1 aliphatic carbocycles. The number of nitrogens with zero attached hydrogens (tertiary/aromatic N) is 3. The number of hydrogen-bond acceptors (Lipinski definition) is 3. The van der Waals surface area contributed by atoms with Crippen LogP contribution in [0, 0.1) is 11.7 Å². The minimum absolute atomic E-state index is 0.00185. The van der Waals surface area contributed by atoms with E-state index in [9.17, 15) is 18.8 Å². The molecule has 0 N–H and O–H groups in total. The summed E-state index contributed by atoms with van der Waals surface area (Å²) in [5, 5.41) is 0. The van der Waals surface area contributed by atoms with Crippen LogP contribution in [0.2, 0.25) is 0 Å². The fourth-order valence-electron chi connectivity index (χ4n) is 5.03. The zero-order valence-electron chi connectivity index (χ0n) is 17.4. The molecule has 0 bridgehead atoms. The number of carbonyl (C=O) groups is 3. The van der Waals surface area contributed by atoms with Gasteiger partial charge in [-0.25, -0.2) is 4.39 Å². The Hall–Kier alpha value is -2.44. The second kappa shape index (κ2) is 9.14. The highest BCUT2D eigenvalue weighted by molar-refractivity contribution is 5.95. The molecule has 1 atom stereocenters. The van der Waals surface area contributed by atoms with Crippen LogP contribution in [0.25, 0.3) is 0 Å². The van der Waals surface area contributed by atoms with E-state index in [1.165, 1.54) is 36.3 Å². The predicted octanol–water partition coefficient (Wildman–Crippen LogP) is 2.57. The Morgan fingerprint density at radius 1 is 1.03 bits per heavy atom. The topological polar surface area (TPSA) is 60.9 Å². The van der Waals surface area contributed by atoms with Gasteiger partial charge in [0, 0.05) is 32.6 Å². The molecule has 0 spiro atoms. The first kappa shape index (κ1) is 20.8. The molecule has 162 valence electrons. The minimum Gasteiger partial charge on any atom is -0.341 e. The number of rotatable bonds is 4. The molecule has 1 saturated carbocycles. The standard InChI is InChI=1S/C23H30FN3O3/c24-19-8-4-7-18(13-19)15-26-16-22(29)27-12-11-25(10-9-20(27)23(26)30)21(28)14-17-5-2-1-3-6-17/h4,7-8,13,17,20H,1-3,5-6,9-12,14-16H2. The van der Waals surface area contributed by atoms with Gasteiger partial charge in [-0.2, -0.15) is 0 Å². The summed E-state index contributed by atoms with van der Waals surface area (Å²) in [5.74, 6) is 0.0601. The normalized spacial score (nSPS) is 23.4. The molecule has 4 rings (SSSR count). The van der Waals surface area contributed by atoms with Gasteiger partial charge in [0.15, 0.2) is 0 Å². The van der Waals surface area contributed by atoms with Crippen LogP contribution in [0.4, 0.5) is 4.39 Å². The number of hydrogen-bond donors (Lipinski definition) is 0. The molecule has 2 saturated heterocycles. The molecule has 2 heterocycles. The molecule has 7 heteroatoms. The number of carbonyl (C=O) groups excluding carboxylic acids is 3. The van der Waals surface area contributed by atoms with Crippen LogP contribution in [0.1, 0.15) is 50.5 Å². The Kier molecular flexibility index (Phi) is 6.35. The quantitative estimate of drug-likeness (QED) is 0.759. The smallest absolute Gasteiger partial charge is 0.246 e. The molecule has 3 aliphatic rings. The molecule has 3 fully saturated rings. The zero-order chi connectivity index (χ0) is 21.1. The lowest BCUT2D eigenvalue weighted by Gasteiger charge is -2.39. The lowest BCUT2D eigenvalue weighted by Crippen LogP contribution is -2.59. The van der Waals surface area contributed by atoms with Crippen molar-refractivity contribution in [1.82, 2.24) is 14.7 Å². The summed E-state index contributed by atoms with van der Waals surface area (Å²) >= 11 is 0. The number of fused-ring (bicyclic) bond motifs is 1. The van der Waals surface area contributed by atoms with Gasteiger partial charge in [0.25, 0.3) is 0 Å². The molecular formula is C23H30FN3O3. The third-order valence-electron chi connectivity index (χ3n) is 6.71. The Morgan fingerprint density at radius 3 is 2.60 bits per heavy atom. The van der Waals surface area contributed by atoms with Crippen molar-refractivity contribution in [3.8, 4) is 0 Å². The van der Waals surface area contributed by atoms with Gasteiger partial charge < -0.3 is 14.7 Å². The predicted molar refractivity (Wildman–Crippen MR) is 110 cm³/mol. The first-order valence-corrected chi connectivity index (χ1v) is 11.1. The van der Waals surface area contributed by atoms with Gasteiger partial charge in [0.05, 0.1) is 0 Å². The largest absolute Gasteiger partial charge is 0.341 e. The summed E-state index contributed by atoms with van der Waals surface area (Å²) in [5.41, 5.74) is 0.669. The van der Waals surface area contributed by atoms with Crippen LogP contribution < -0.4 is 0 Å². The van der Waals surface area contributed by atoms with Crippen LogP contribution >= 0.6 is 0 Å². The van der Waals surface area contributed by atoms with Gasteiger partial charge in [0.2, 0.25) is 17.7 Å². The first-order valence-electron chi connectivity index (χ1n) is 11.1. The summed E-state index contributed by atoms with van der Waals surface area (Å²) in [6, 6.07) is 5.58. The van der Waals surface area contributed by atoms with Crippen molar-refractivity contribution in [3.05, 3.63) is 35.6 Å². The van der Waals surface area contributed by atoms with Crippen molar-refractivity contribution in [1.29, 1.82) is 0 Å². The van der Waals surface area contributed by atoms with Gasteiger partial charge in [-0.1, -0.05) is 31.4 Å². The summed E-state index contributed by atoms with van der Waals surface area (Å²) < 4.78 is 13.5. The average molecular weight is 416 g/mol. The van der Waals surface area contributed by atoms with Crippen molar-refractivity contribution < 1.29 is 18.8 Å². The molecule has 1 aromatic carbocycles. The SMILES string of the molecule is O=C(CC1CCCCC1)N1CCC2C(=O)N(Cc3cccc(F)c3)CC(=O)N2CC1. The maximum Gasteiger partial charge on any atom is 0.246 e. The molecule has 0 aromatic heterocycles. The Morgan fingerprint density at radius 2 is 1.83 bits per heavy atom. The summed E-state index contributed by atoms with van der Waals surface area (Å²) in [6.07, 6.45) is 6.97. The highest BCUT2D eigenvalue weighted by Crippen LogP contribution is 2.28. The van der Waals surface area contributed by atoms with Gasteiger partial charge in [-0.05, 0) is 42.9 Å². The molecule has 0 radical (unpaired) electrons. The second-order valence-electron chi connectivity index (χ2n) is 8.80. The van der Waals surface area contributed by atoms with E-state index < -0.39 is 6.04 Å². The van der Waals surface area contributed by atoms with Gasteiger partial charge in [-0.15, -0.1) is 0 Å². The van der Waals surface area contributed by atoms with Gasteiger partial charge >= 0.3 is 0 Å². The fraction of sp³-hybridized carbons (Fsp3) is 0.609. The lowest BCUT2D eigenvalue weighted by atomic mass is 9.86. The first-order chi connectivity index (χ1) is 14.5. The Balaban J connectivity index is 1.39. The van der Waals surface area contributed by atoms with E-state index in [0.29, 0.717) is 44.0 Å². The van der Waals surface area contributed by atoms with E-state index in [1.54, 1.807) is 17.0 Å². The van der Waals surface area contributed by atoms with E-state index in [0.717, 1.165) is 12.8 Å². The van der Waals surface area contributed by atoms with E-state index >= 15 is 0 Å². The van der Waals surface area contributed by atoms with Crippen molar-refractivity contribution >= 4 is 17.7 Å². The molecule has 6 nitrogen and oxygen atoms in total. The summed E-state index contributed by atoms with van der Waals surface area (Å²) in [4.78, 5) is 43.6.